The minimum atomic E-state index is -2.92. The molecular formula is C22H25F3N4O3. The number of nitrogens with zero attached hydrogens (tertiary/aromatic N) is 3. The molecule has 0 unspecified atom stereocenters. The molecular weight excluding hydrogens is 425 g/mol. The van der Waals surface area contributed by atoms with Crippen molar-refractivity contribution < 1.29 is 27.4 Å². The van der Waals surface area contributed by atoms with E-state index in [1.165, 1.54) is 0 Å². The first-order chi connectivity index (χ1) is 15.0. The molecule has 1 saturated carbocycles. The lowest BCUT2D eigenvalue weighted by Crippen LogP contribution is -2.52. The van der Waals surface area contributed by atoms with Crippen LogP contribution in [-0.2, 0) is 5.41 Å². The number of pyridine rings is 1. The highest BCUT2D eigenvalue weighted by molar-refractivity contribution is 5.89. The van der Waals surface area contributed by atoms with Crippen LogP contribution in [0.4, 0.5) is 19.2 Å². The summed E-state index contributed by atoms with van der Waals surface area (Å²) in [5, 5.41) is 21.5. The van der Waals surface area contributed by atoms with Crippen molar-refractivity contribution in [1.29, 1.82) is 0 Å². The van der Waals surface area contributed by atoms with E-state index in [0.29, 0.717) is 16.6 Å². The Kier molecular flexibility index (Phi) is 5.52. The molecule has 0 aliphatic heterocycles. The molecule has 0 amide bonds. The molecule has 1 aliphatic rings. The number of aryl methyl sites for hydroxylation is 1. The van der Waals surface area contributed by atoms with Gasteiger partial charge in [-0.2, -0.15) is 8.78 Å². The lowest BCUT2D eigenvalue weighted by molar-refractivity contribution is -0.0592. The first-order valence-electron chi connectivity index (χ1n) is 10.3. The second-order valence-electron chi connectivity index (χ2n) is 9.34. The minimum Gasteiger partial charge on any atom is -0.435 e. The minimum absolute atomic E-state index is 0.0769. The zero-order valence-corrected chi connectivity index (χ0v) is 18.2. The van der Waals surface area contributed by atoms with Crippen LogP contribution >= 0.6 is 0 Å². The van der Waals surface area contributed by atoms with Crippen LogP contribution in [0.1, 0.15) is 44.7 Å². The van der Waals surface area contributed by atoms with E-state index in [0.717, 1.165) is 11.1 Å². The number of benzene rings is 1. The summed E-state index contributed by atoms with van der Waals surface area (Å²) in [5.74, 6) is 0.262. The van der Waals surface area contributed by atoms with Crippen molar-refractivity contribution in [3.63, 3.8) is 0 Å². The van der Waals surface area contributed by atoms with Crippen LogP contribution in [0.5, 0.6) is 5.75 Å². The molecule has 0 bridgehead atoms. The number of aromatic nitrogens is 3. The molecule has 2 N–H and O–H groups in total. The third-order valence-electron chi connectivity index (χ3n) is 5.60. The smallest absolute Gasteiger partial charge is 0.387 e. The number of alkyl halides is 3. The second kappa shape index (κ2) is 7.91. The Balaban J connectivity index is 1.68. The molecule has 0 radical (unpaired) electrons. The van der Waals surface area contributed by atoms with Crippen molar-refractivity contribution in [2.75, 3.05) is 12.0 Å². The number of ether oxygens (including phenoxy) is 1. The molecule has 2 heterocycles. The topological polar surface area (TPSA) is 93.3 Å². The van der Waals surface area contributed by atoms with Crippen molar-refractivity contribution in [1.82, 2.24) is 15.2 Å². The van der Waals surface area contributed by atoms with E-state index in [9.17, 15) is 18.3 Å². The molecule has 1 aromatic carbocycles. The van der Waals surface area contributed by atoms with Gasteiger partial charge in [-0.3, -0.25) is 0 Å². The molecule has 7 nitrogen and oxygen atoms in total. The van der Waals surface area contributed by atoms with Gasteiger partial charge in [-0.05, 0) is 54.5 Å². The van der Waals surface area contributed by atoms with Crippen LogP contribution in [0.25, 0.3) is 22.5 Å². The van der Waals surface area contributed by atoms with Crippen molar-refractivity contribution in [2.24, 2.45) is 0 Å². The molecule has 172 valence electrons. The Hall–Kier alpha value is -2.88. The number of hydrogen-bond donors (Lipinski definition) is 2. The van der Waals surface area contributed by atoms with Gasteiger partial charge in [0, 0.05) is 11.4 Å². The highest BCUT2D eigenvalue weighted by atomic mass is 19.3. The molecule has 2 aromatic heterocycles. The van der Waals surface area contributed by atoms with Gasteiger partial charge in [0.2, 0.25) is 0 Å². The Morgan fingerprint density at radius 1 is 1.25 bits per heavy atom. The Morgan fingerprint density at radius 2 is 1.97 bits per heavy atom. The summed E-state index contributed by atoms with van der Waals surface area (Å²) in [4.78, 5) is 4.70. The number of aliphatic hydroxyl groups is 1. The maximum atomic E-state index is 12.8. The first kappa shape index (κ1) is 22.3. The summed E-state index contributed by atoms with van der Waals surface area (Å²) >= 11 is 0. The Morgan fingerprint density at radius 3 is 2.59 bits per heavy atom. The third-order valence-corrected chi connectivity index (χ3v) is 5.60. The zero-order valence-electron chi connectivity index (χ0n) is 18.2. The predicted octanol–water partition coefficient (Wildman–Crippen LogP) is 4.77. The van der Waals surface area contributed by atoms with E-state index in [-0.39, 0.29) is 36.5 Å². The molecule has 1 fully saturated rings. The molecule has 32 heavy (non-hydrogen) atoms. The molecule has 10 heteroatoms. The van der Waals surface area contributed by atoms with E-state index in [1.807, 2.05) is 27.7 Å². The summed E-state index contributed by atoms with van der Waals surface area (Å²) in [5.41, 5.74) is 0.930. The summed E-state index contributed by atoms with van der Waals surface area (Å²) in [6.45, 7) is 4.01. The van der Waals surface area contributed by atoms with Gasteiger partial charge in [-0.1, -0.05) is 25.9 Å². The number of anilines is 1. The largest absolute Gasteiger partial charge is 0.435 e. The Labute approximate surface area is 183 Å². The molecule has 0 atom stereocenters. The van der Waals surface area contributed by atoms with Gasteiger partial charge in [0.15, 0.2) is 0 Å². The Bertz CT molecular complexity index is 1140. The quantitative estimate of drug-likeness (QED) is 0.559. The van der Waals surface area contributed by atoms with Gasteiger partial charge < -0.3 is 19.6 Å². The van der Waals surface area contributed by atoms with Crippen molar-refractivity contribution >= 4 is 16.9 Å². The standard InChI is InChI=1S/C22H25F3N4O3/c1-11-5-16(18-28-29-20(32-18)26-12-8-22(30,9-12)10-23)27-17-14(11)6-13(31-19(24)25)7-15(17)21(2,3)4/h5-7,12,19,30H,8-10H2,1-4H3,(H,26,29). The molecule has 0 saturated heterocycles. The monoisotopic (exact) mass is 450 g/mol. The van der Waals surface area contributed by atoms with Gasteiger partial charge in [0.1, 0.15) is 18.1 Å². The van der Waals surface area contributed by atoms with Crippen LogP contribution < -0.4 is 10.1 Å². The fourth-order valence-electron chi connectivity index (χ4n) is 3.95. The van der Waals surface area contributed by atoms with E-state index in [4.69, 9.17) is 9.40 Å². The van der Waals surface area contributed by atoms with Gasteiger partial charge in [0.25, 0.3) is 5.89 Å². The number of nitrogens with one attached hydrogen (secondary N) is 1. The highest BCUT2D eigenvalue weighted by Crippen LogP contribution is 2.37. The van der Waals surface area contributed by atoms with Crippen LogP contribution in [0.2, 0.25) is 0 Å². The summed E-state index contributed by atoms with van der Waals surface area (Å²) in [7, 11) is 0. The summed E-state index contributed by atoms with van der Waals surface area (Å²) in [6, 6.07) is 4.86. The zero-order chi connectivity index (χ0) is 23.3. The summed E-state index contributed by atoms with van der Waals surface area (Å²) < 4.78 is 48.7. The van der Waals surface area contributed by atoms with Crippen LogP contribution in [0.3, 0.4) is 0 Å². The second-order valence-corrected chi connectivity index (χ2v) is 9.34. The average Bonchev–Trinajstić information content (AvgIpc) is 3.14. The fourth-order valence-corrected chi connectivity index (χ4v) is 3.95. The van der Waals surface area contributed by atoms with Crippen LogP contribution in [0, 0.1) is 6.92 Å². The molecule has 4 rings (SSSR count). The van der Waals surface area contributed by atoms with E-state index < -0.39 is 24.3 Å². The summed E-state index contributed by atoms with van der Waals surface area (Å²) in [6.07, 6.45) is 0.513. The highest BCUT2D eigenvalue weighted by Gasteiger charge is 2.43. The van der Waals surface area contributed by atoms with Gasteiger partial charge in [0.05, 0.1) is 11.1 Å². The first-order valence-corrected chi connectivity index (χ1v) is 10.3. The number of halogens is 3. The lowest BCUT2D eigenvalue weighted by Gasteiger charge is -2.41. The van der Waals surface area contributed by atoms with Crippen molar-refractivity contribution in [3.05, 3.63) is 29.3 Å². The van der Waals surface area contributed by atoms with Gasteiger partial charge in [-0.25, -0.2) is 9.37 Å². The van der Waals surface area contributed by atoms with Crippen LogP contribution in [0.15, 0.2) is 22.6 Å². The molecule has 0 spiro atoms. The predicted molar refractivity (Wildman–Crippen MR) is 113 cm³/mol. The lowest BCUT2D eigenvalue weighted by atomic mass is 9.77. The van der Waals surface area contributed by atoms with E-state index in [2.05, 4.69) is 20.3 Å². The normalized spacial score (nSPS) is 21.1. The van der Waals surface area contributed by atoms with Crippen LogP contribution in [-0.4, -0.2) is 45.2 Å². The number of fused-ring (bicyclic) bond motifs is 1. The SMILES string of the molecule is Cc1cc(-c2nnc(NC3CC(O)(CF)C3)o2)nc2c(C(C)(C)C)cc(OC(F)F)cc12. The number of hydrogen-bond acceptors (Lipinski definition) is 7. The van der Waals surface area contributed by atoms with E-state index >= 15 is 0 Å². The fraction of sp³-hybridized carbons (Fsp3) is 0.500. The average molecular weight is 450 g/mol. The van der Waals surface area contributed by atoms with Gasteiger partial charge >= 0.3 is 12.6 Å². The van der Waals surface area contributed by atoms with Crippen molar-refractivity contribution in [3.8, 4) is 17.3 Å². The molecule has 3 aromatic rings. The van der Waals surface area contributed by atoms with E-state index in [1.54, 1.807) is 18.2 Å². The third kappa shape index (κ3) is 4.36. The van der Waals surface area contributed by atoms with Crippen molar-refractivity contribution in [2.45, 2.75) is 64.2 Å². The molecule has 1 aliphatic carbocycles. The number of rotatable bonds is 6. The maximum Gasteiger partial charge on any atom is 0.387 e. The maximum absolute atomic E-state index is 12.8. The van der Waals surface area contributed by atoms with Gasteiger partial charge in [-0.15, -0.1) is 5.10 Å².